The minimum Gasteiger partial charge on any atom is -0.345 e. The van der Waals surface area contributed by atoms with Gasteiger partial charge in [0.1, 0.15) is 6.33 Å². The molecule has 0 fully saturated rings. The van der Waals surface area contributed by atoms with Gasteiger partial charge in [0, 0.05) is 23.4 Å². The molecule has 1 N–H and O–H groups in total. The molecule has 2 aromatic heterocycles. The van der Waals surface area contributed by atoms with Crippen LogP contribution in [0.4, 0.5) is 13.2 Å². The van der Waals surface area contributed by atoms with E-state index in [-0.39, 0.29) is 24.4 Å². The number of halogens is 3. The third-order valence-electron chi connectivity index (χ3n) is 4.39. The molecule has 1 amide bonds. The first kappa shape index (κ1) is 20.3. The molecule has 0 unspecified atom stereocenters. The summed E-state index contributed by atoms with van der Waals surface area (Å²) in [5.74, 6) is 5.60. The maximum absolute atomic E-state index is 12.7. The Morgan fingerprint density at radius 2 is 2.07 bits per heavy atom. The maximum Gasteiger partial charge on any atom is 0.416 e. The number of nitrogens with one attached hydrogen (secondary N) is 1. The second-order valence-corrected chi connectivity index (χ2v) is 6.39. The zero-order valence-corrected chi connectivity index (χ0v) is 15.8. The summed E-state index contributed by atoms with van der Waals surface area (Å²) in [6, 6.07) is 4.76. The predicted octanol–water partition coefficient (Wildman–Crippen LogP) is 2.86. The van der Waals surface area contributed by atoms with Crippen molar-refractivity contribution in [3.05, 3.63) is 58.7 Å². The van der Waals surface area contributed by atoms with Crippen LogP contribution in [-0.2, 0) is 17.4 Å². The first-order chi connectivity index (χ1) is 13.8. The molecular formula is C20H18F3N5O. The van der Waals surface area contributed by atoms with Crippen molar-refractivity contribution in [3.63, 3.8) is 0 Å². The lowest BCUT2D eigenvalue weighted by atomic mass is 10.1. The Morgan fingerprint density at radius 1 is 1.28 bits per heavy atom. The lowest BCUT2D eigenvalue weighted by Gasteiger charge is -2.10. The summed E-state index contributed by atoms with van der Waals surface area (Å²) < 4.78 is 39.7. The highest BCUT2D eigenvalue weighted by Crippen LogP contribution is 2.29. The molecule has 0 aliphatic heterocycles. The van der Waals surface area contributed by atoms with Crippen LogP contribution in [0.1, 0.15) is 34.5 Å². The first-order valence-corrected chi connectivity index (χ1v) is 8.84. The average Bonchev–Trinajstić information content (AvgIpc) is 3.13. The Morgan fingerprint density at radius 3 is 2.83 bits per heavy atom. The van der Waals surface area contributed by atoms with E-state index in [1.54, 1.807) is 4.52 Å². The number of carbonyl (C=O) groups is 1. The molecule has 6 nitrogen and oxygen atoms in total. The Kier molecular flexibility index (Phi) is 5.82. The van der Waals surface area contributed by atoms with Gasteiger partial charge in [0.15, 0.2) is 0 Å². The van der Waals surface area contributed by atoms with Gasteiger partial charge in [-0.25, -0.2) is 9.50 Å². The highest BCUT2D eigenvalue weighted by atomic mass is 19.4. The normalized spacial score (nSPS) is 11.2. The number of hydrogen-bond acceptors (Lipinski definition) is 4. The molecule has 0 aliphatic carbocycles. The van der Waals surface area contributed by atoms with Crippen LogP contribution in [0.2, 0.25) is 0 Å². The number of carbonyl (C=O) groups excluding carboxylic acids is 1. The highest BCUT2D eigenvalue weighted by molar-refractivity contribution is 5.76. The molecule has 0 aliphatic rings. The number of alkyl halides is 3. The van der Waals surface area contributed by atoms with Crippen LogP contribution in [-0.4, -0.2) is 32.0 Å². The van der Waals surface area contributed by atoms with Gasteiger partial charge in [-0.2, -0.15) is 23.3 Å². The summed E-state index contributed by atoms with van der Waals surface area (Å²) in [6.45, 7) is 3.80. The van der Waals surface area contributed by atoms with Crippen molar-refractivity contribution in [2.75, 3.05) is 6.54 Å². The van der Waals surface area contributed by atoms with Crippen LogP contribution >= 0.6 is 0 Å². The Balaban J connectivity index is 1.55. The maximum atomic E-state index is 12.7. The number of fused-ring (bicyclic) bond motifs is 1. The van der Waals surface area contributed by atoms with E-state index in [9.17, 15) is 18.0 Å². The van der Waals surface area contributed by atoms with Crippen molar-refractivity contribution in [2.45, 2.75) is 32.9 Å². The van der Waals surface area contributed by atoms with Crippen LogP contribution < -0.4 is 5.32 Å². The fraction of sp³-hybridized carbons (Fsp3) is 0.300. The van der Waals surface area contributed by atoms with Gasteiger partial charge in [0.25, 0.3) is 5.78 Å². The molecule has 2 heterocycles. The van der Waals surface area contributed by atoms with E-state index in [0.717, 1.165) is 29.1 Å². The van der Waals surface area contributed by atoms with Gasteiger partial charge in [-0.15, -0.1) is 0 Å². The average molecular weight is 401 g/mol. The second-order valence-electron chi connectivity index (χ2n) is 6.39. The fourth-order valence-electron chi connectivity index (χ4n) is 2.91. The molecular weight excluding hydrogens is 383 g/mol. The van der Waals surface area contributed by atoms with Gasteiger partial charge in [0.05, 0.1) is 12.1 Å². The summed E-state index contributed by atoms with van der Waals surface area (Å²) >= 11 is 0. The Labute approximate surface area is 165 Å². The number of amides is 1. The summed E-state index contributed by atoms with van der Waals surface area (Å²) in [4.78, 5) is 20.5. The van der Waals surface area contributed by atoms with Crippen LogP contribution in [0.15, 0.2) is 30.6 Å². The number of aromatic nitrogens is 4. The van der Waals surface area contributed by atoms with Gasteiger partial charge in [-0.1, -0.05) is 17.9 Å². The Hall–Kier alpha value is -3.41. The number of aryl methyl sites for hydroxylation is 2. The van der Waals surface area contributed by atoms with E-state index in [1.165, 1.54) is 18.5 Å². The molecule has 0 bridgehead atoms. The van der Waals surface area contributed by atoms with Crippen LogP contribution in [0.3, 0.4) is 0 Å². The van der Waals surface area contributed by atoms with Crippen molar-refractivity contribution >= 4 is 11.7 Å². The summed E-state index contributed by atoms with van der Waals surface area (Å²) in [5, 5.41) is 6.76. The van der Waals surface area contributed by atoms with Gasteiger partial charge in [0.2, 0.25) is 5.91 Å². The number of benzene rings is 1. The number of nitrogens with zero attached hydrogens (tertiary/aromatic N) is 4. The van der Waals surface area contributed by atoms with Gasteiger partial charge < -0.3 is 5.32 Å². The molecule has 0 saturated carbocycles. The largest absolute Gasteiger partial charge is 0.416 e. The predicted molar refractivity (Wildman–Crippen MR) is 99.9 cm³/mol. The molecule has 0 atom stereocenters. The van der Waals surface area contributed by atoms with E-state index < -0.39 is 11.7 Å². The van der Waals surface area contributed by atoms with Crippen molar-refractivity contribution < 1.29 is 18.0 Å². The molecule has 1 aromatic carbocycles. The smallest absolute Gasteiger partial charge is 0.345 e. The summed E-state index contributed by atoms with van der Waals surface area (Å²) in [6.07, 6.45) is -2.28. The van der Waals surface area contributed by atoms with Crippen molar-refractivity contribution in [1.82, 2.24) is 24.9 Å². The molecule has 29 heavy (non-hydrogen) atoms. The van der Waals surface area contributed by atoms with E-state index in [0.29, 0.717) is 12.2 Å². The zero-order chi connectivity index (χ0) is 21.0. The number of hydrogen-bond donors (Lipinski definition) is 1. The molecule has 0 radical (unpaired) electrons. The summed E-state index contributed by atoms with van der Waals surface area (Å²) in [7, 11) is 0. The SMILES string of the molecule is Cc1nc2ncnn2c(C)c1CCC(=O)NCC#Cc1cccc(C(F)(F)F)c1. The molecule has 0 spiro atoms. The lowest BCUT2D eigenvalue weighted by Crippen LogP contribution is -2.24. The fourth-order valence-corrected chi connectivity index (χ4v) is 2.91. The van der Waals surface area contributed by atoms with Crippen LogP contribution in [0.5, 0.6) is 0 Å². The zero-order valence-electron chi connectivity index (χ0n) is 15.8. The van der Waals surface area contributed by atoms with Crippen molar-refractivity contribution in [2.24, 2.45) is 0 Å². The van der Waals surface area contributed by atoms with E-state index in [2.05, 4.69) is 32.2 Å². The van der Waals surface area contributed by atoms with Crippen LogP contribution in [0.25, 0.3) is 5.78 Å². The molecule has 3 aromatic rings. The number of rotatable bonds is 4. The monoisotopic (exact) mass is 401 g/mol. The molecule has 150 valence electrons. The third-order valence-corrected chi connectivity index (χ3v) is 4.39. The lowest BCUT2D eigenvalue weighted by molar-refractivity contribution is -0.137. The van der Waals surface area contributed by atoms with E-state index in [1.807, 2.05) is 13.8 Å². The second kappa shape index (κ2) is 8.31. The highest BCUT2D eigenvalue weighted by Gasteiger charge is 2.30. The summed E-state index contributed by atoms with van der Waals surface area (Å²) in [5.41, 5.74) is 2.08. The van der Waals surface area contributed by atoms with Crippen molar-refractivity contribution in [3.8, 4) is 11.8 Å². The van der Waals surface area contributed by atoms with Gasteiger partial charge >= 0.3 is 6.18 Å². The van der Waals surface area contributed by atoms with Gasteiger partial charge in [-0.05, 0) is 44.0 Å². The molecule has 3 rings (SSSR count). The van der Waals surface area contributed by atoms with E-state index in [4.69, 9.17) is 0 Å². The Bertz CT molecular complexity index is 1110. The molecule has 9 heteroatoms. The molecule has 0 saturated heterocycles. The minimum absolute atomic E-state index is 0.0490. The quantitative estimate of drug-likeness (QED) is 0.683. The standard InChI is InChI=1S/C20H18F3N5O/c1-13-17(14(2)28-19(27-13)25-12-26-28)8-9-18(29)24-10-4-6-15-5-3-7-16(11-15)20(21,22)23/h3,5,7,11-12H,8-10H2,1-2H3,(H,24,29). The minimum atomic E-state index is -4.41. The van der Waals surface area contributed by atoms with Crippen LogP contribution in [0, 0.1) is 25.7 Å². The topological polar surface area (TPSA) is 72.2 Å². The van der Waals surface area contributed by atoms with E-state index >= 15 is 0 Å². The first-order valence-electron chi connectivity index (χ1n) is 8.84. The third kappa shape index (κ3) is 4.90. The van der Waals surface area contributed by atoms with Gasteiger partial charge in [-0.3, -0.25) is 4.79 Å². The van der Waals surface area contributed by atoms with Crippen molar-refractivity contribution in [1.29, 1.82) is 0 Å².